The van der Waals surface area contributed by atoms with Gasteiger partial charge in [-0.3, -0.25) is 4.55 Å². The van der Waals surface area contributed by atoms with Crippen molar-refractivity contribution < 1.29 is 18.1 Å². The van der Waals surface area contributed by atoms with Crippen molar-refractivity contribution in [2.24, 2.45) is 0 Å². The summed E-state index contributed by atoms with van der Waals surface area (Å²) in [7, 11) is -3.67. The van der Waals surface area contributed by atoms with E-state index >= 15 is 0 Å². The monoisotopic (exact) mass is 204 g/mol. The second kappa shape index (κ2) is 4.84. The van der Waals surface area contributed by atoms with Gasteiger partial charge in [0, 0.05) is 0 Å². The average Bonchev–Trinajstić information content (AvgIpc) is 1.92. The molecule has 0 saturated carbocycles. The van der Waals surface area contributed by atoms with Gasteiger partial charge in [0.05, 0.1) is 6.26 Å². The van der Waals surface area contributed by atoms with E-state index in [0.717, 1.165) is 5.56 Å². The summed E-state index contributed by atoms with van der Waals surface area (Å²) in [6.45, 7) is 1.87. The van der Waals surface area contributed by atoms with E-state index in [-0.39, 0.29) is 0 Å². The highest BCUT2D eigenvalue weighted by molar-refractivity contribution is 7.85. The van der Waals surface area contributed by atoms with Crippen molar-refractivity contribution in [3.05, 3.63) is 29.8 Å². The molecule has 0 atom stereocenters. The molecule has 74 valence electrons. The van der Waals surface area contributed by atoms with Crippen LogP contribution in [0.5, 0.6) is 5.75 Å². The van der Waals surface area contributed by atoms with Crippen LogP contribution in [-0.4, -0.2) is 24.3 Å². The number of benzene rings is 1. The lowest BCUT2D eigenvalue weighted by Crippen LogP contribution is -1.88. The summed E-state index contributed by atoms with van der Waals surface area (Å²) in [5.41, 5.74) is 0.924. The highest BCUT2D eigenvalue weighted by Gasteiger charge is 1.87. The molecule has 1 aromatic rings. The Morgan fingerprint density at radius 3 is 1.85 bits per heavy atom. The Hall–Kier alpha value is -1.07. The van der Waals surface area contributed by atoms with E-state index in [1.807, 2.05) is 25.1 Å². The van der Waals surface area contributed by atoms with Crippen molar-refractivity contribution in [2.45, 2.75) is 6.92 Å². The second-order valence-corrected chi connectivity index (χ2v) is 3.99. The summed E-state index contributed by atoms with van der Waals surface area (Å²) in [5, 5.41) is 8.92. The van der Waals surface area contributed by atoms with Crippen molar-refractivity contribution in [3.63, 3.8) is 0 Å². The van der Waals surface area contributed by atoms with Crippen LogP contribution in [0.15, 0.2) is 24.3 Å². The number of para-hydroxylation sites is 1. The smallest absolute Gasteiger partial charge is 0.261 e. The molecule has 0 radical (unpaired) electrons. The molecule has 0 bridgehead atoms. The topological polar surface area (TPSA) is 74.6 Å². The van der Waals surface area contributed by atoms with E-state index in [1.54, 1.807) is 6.07 Å². The number of aryl methyl sites for hydroxylation is 1. The van der Waals surface area contributed by atoms with Gasteiger partial charge in [-0.15, -0.1) is 0 Å². The van der Waals surface area contributed by atoms with Crippen LogP contribution in [-0.2, 0) is 10.1 Å². The number of phenols is 1. The Morgan fingerprint density at radius 1 is 1.23 bits per heavy atom. The van der Waals surface area contributed by atoms with Gasteiger partial charge in [0.25, 0.3) is 10.1 Å². The number of hydrogen-bond acceptors (Lipinski definition) is 3. The standard InChI is InChI=1S/C7H8O.CH4O3S/c1-6-4-2-3-5-7(6)8;1-5(2,3)4/h2-5,8H,1H3;1H3,(H,2,3,4). The van der Waals surface area contributed by atoms with Gasteiger partial charge in [0.15, 0.2) is 0 Å². The lowest BCUT2D eigenvalue weighted by atomic mass is 10.2. The quantitative estimate of drug-likeness (QED) is 0.623. The molecule has 0 aliphatic rings. The van der Waals surface area contributed by atoms with Gasteiger partial charge in [-0.05, 0) is 18.6 Å². The van der Waals surface area contributed by atoms with Crippen LogP contribution >= 0.6 is 0 Å². The normalized spacial score (nSPS) is 10.1. The van der Waals surface area contributed by atoms with Crippen LogP contribution in [0.3, 0.4) is 0 Å². The maximum Gasteiger partial charge on any atom is 0.261 e. The first kappa shape index (κ1) is 11.9. The average molecular weight is 204 g/mol. The minimum absolute atomic E-state index is 0.368. The molecule has 5 heteroatoms. The number of aromatic hydroxyl groups is 1. The van der Waals surface area contributed by atoms with Crippen LogP contribution in [0.1, 0.15) is 5.56 Å². The molecular weight excluding hydrogens is 192 g/mol. The van der Waals surface area contributed by atoms with Crippen LogP contribution in [0.25, 0.3) is 0 Å². The van der Waals surface area contributed by atoms with Gasteiger partial charge in [-0.25, -0.2) is 0 Å². The Kier molecular flexibility index (Phi) is 4.44. The molecule has 13 heavy (non-hydrogen) atoms. The van der Waals surface area contributed by atoms with Gasteiger partial charge in [-0.2, -0.15) is 8.42 Å². The van der Waals surface area contributed by atoms with E-state index in [2.05, 4.69) is 0 Å². The fourth-order valence-corrected chi connectivity index (χ4v) is 0.563. The minimum atomic E-state index is -3.67. The zero-order valence-electron chi connectivity index (χ0n) is 7.43. The fraction of sp³-hybridized carbons (Fsp3) is 0.250. The fourth-order valence-electron chi connectivity index (χ4n) is 0.563. The molecule has 0 fully saturated rings. The highest BCUT2D eigenvalue weighted by Crippen LogP contribution is 2.12. The van der Waals surface area contributed by atoms with Crippen LogP contribution in [0, 0.1) is 6.92 Å². The summed E-state index contributed by atoms with van der Waals surface area (Å²) in [6.07, 6.45) is 0.715. The summed E-state index contributed by atoms with van der Waals surface area (Å²) in [5.74, 6) is 0.368. The predicted octanol–water partition coefficient (Wildman–Crippen LogP) is 1.20. The Bertz CT molecular complexity index is 327. The van der Waals surface area contributed by atoms with Gasteiger partial charge in [0.1, 0.15) is 5.75 Å². The second-order valence-electron chi connectivity index (χ2n) is 2.52. The Morgan fingerprint density at radius 2 is 1.62 bits per heavy atom. The van der Waals surface area contributed by atoms with E-state index < -0.39 is 10.1 Å². The summed E-state index contributed by atoms with van der Waals surface area (Å²) >= 11 is 0. The van der Waals surface area contributed by atoms with Crippen molar-refractivity contribution in [2.75, 3.05) is 6.26 Å². The molecule has 0 saturated heterocycles. The zero-order chi connectivity index (χ0) is 10.5. The molecule has 4 nitrogen and oxygen atoms in total. The van der Waals surface area contributed by atoms with Gasteiger partial charge >= 0.3 is 0 Å². The van der Waals surface area contributed by atoms with Gasteiger partial charge in [0.2, 0.25) is 0 Å². The van der Waals surface area contributed by atoms with Crippen molar-refractivity contribution >= 4 is 10.1 Å². The third-order valence-corrected chi connectivity index (χ3v) is 1.12. The number of phenolic OH excluding ortho intramolecular Hbond substituents is 1. The molecule has 0 spiro atoms. The van der Waals surface area contributed by atoms with Crippen molar-refractivity contribution in [1.29, 1.82) is 0 Å². The molecule has 0 unspecified atom stereocenters. The maximum absolute atomic E-state index is 9.19. The first-order valence-corrected chi connectivity index (χ1v) is 5.32. The molecule has 0 aliphatic heterocycles. The highest BCUT2D eigenvalue weighted by atomic mass is 32.2. The molecule has 0 amide bonds. The molecule has 1 rings (SSSR count). The SMILES string of the molecule is CS(=O)(=O)O.Cc1ccccc1O. The van der Waals surface area contributed by atoms with Crippen LogP contribution in [0.4, 0.5) is 0 Å². The predicted molar refractivity (Wildman–Crippen MR) is 50.3 cm³/mol. The molecule has 1 aromatic carbocycles. The lowest BCUT2D eigenvalue weighted by molar-refractivity contribution is 0.471. The van der Waals surface area contributed by atoms with Crippen molar-refractivity contribution in [3.8, 4) is 5.75 Å². The first-order chi connectivity index (χ1) is 5.80. The molecule has 0 heterocycles. The zero-order valence-corrected chi connectivity index (χ0v) is 8.25. The Balaban J connectivity index is 0.000000252. The van der Waals surface area contributed by atoms with E-state index in [4.69, 9.17) is 9.66 Å². The first-order valence-electron chi connectivity index (χ1n) is 3.48. The largest absolute Gasteiger partial charge is 0.508 e. The van der Waals surface area contributed by atoms with E-state index in [9.17, 15) is 8.42 Å². The van der Waals surface area contributed by atoms with Crippen LogP contribution < -0.4 is 0 Å². The number of rotatable bonds is 0. The molecule has 0 aromatic heterocycles. The van der Waals surface area contributed by atoms with E-state index in [0.29, 0.717) is 12.0 Å². The van der Waals surface area contributed by atoms with Crippen molar-refractivity contribution in [1.82, 2.24) is 0 Å². The lowest BCUT2D eigenvalue weighted by Gasteiger charge is -1.92. The minimum Gasteiger partial charge on any atom is -0.508 e. The summed E-state index contributed by atoms with van der Waals surface area (Å²) < 4.78 is 25.9. The molecule has 0 aliphatic carbocycles. The number of hydrogen-bond donors (Lipinski definition) is 2. The Labute approximate surface area is 77.6 Å². The third-order valence-electron chi connectivity index (χ3n) is 1.12. The van der Waals surface area contributed by atoms with E-state index in [1.165, 1.54) is 0 Å². The van der Waals surface area contributed by atoms with Gasteiger partial charge < -0.3 is 5.11 Å². The maximum atomic E-state index is 9.19. The summed E-state index contributed by atoms with van der Waals surface area (Å²) in [4.78, 5) is 0. The third kappa shape index (κ3) is 8.84. The molecule has 2 N–H and O–H groups in total. The van der Waals surface area contributed by atoms with Gasteiger partial charge in [-0.1, -0.05) is 18.2 Å². The summed E-state index contributed by atoms with van der Waals surface area (Å²) in [6, 6.07) is 7.25. The molecular formula is C8H12O4S. The van der Waals surface area contributed by atoms with Crippen LogP contribution in [0.2, 0.25) is 0 Å².